The lowest BCUT2D eigenvalue weighted by Gasteiger charge is -2.41. The topological polar surface area (TPSA) is 41.1 Å². The molecule has 1 fully saturated rings. The molecular formula is C12H24N2O. The van der Waals surface area contributed by atoms with Crippen LogP contribution < -0.4 is 10.6 Å². The van der Waals surface area contributed by atoms with Crippen molar-refractivity contribution in [1.29, 1.82) is 0 Å². The summed E-state index contributed by atoms with van der Waals surface area (Å²) in [5, 5.41) is 6.15. The average molecular weight is 212 g/mol. The van der Waals surface area contributed by atoms with E-state index in [1.165, 1.54) is 25.7 Å². The Morgan fingerprint density at radius 3 is 2.47 bits per heavy atom. The van der Waals surface area contributed by atoms with E-state index >= 15 is 0 Å². The van der Waals surface area contributed by atoms with Crippen LogP contribution >= 0.6 is 0 Å². The maximum Gasteiger partial charge on any atom is 0.233 e. The minimum Gasteiger partial charge on any atom is -0.354 e. The molecule has 1 amide bonds. The van der Waals surface area contributed by atoms with Gasteiger partial charge in [-0.15, -0.1) is 0 Å². The maximum absolute atomic E-state index is 11.5. The number of carbonyl (C=O) groups excluding carboxylic acids is 1. The number of hydrogen-bond donors (Lipinski definition) is 2. The van der Waals surface area contributed by atoms with Gasteiger partial charge in [0, 0.05) is 12.6 Å². The molecule has 0 aromatic rings. The van der Waals surface area contributed by atoms with Crippen molar-refractivity contribution < 1.29 is 4.79 Å². The lowest BCUT2D eigenvalue weighted by Crippen LogP contribution is -2.45. The van der Waals surface area contributed by atoms with E-state index in [9.17, 15) is 4.79 Å². The van der Waals surface area contributed by atoms with Crippen molar-refractivity contribution in [2.45, 2.75) is 52.5 Å². The number of carbonyl (C=O) groups is 1. The highest BCUT2D eigenvalue weighted by Gasteiger charge is 2.34. The fourth-order valence-corrected chi connectivity index (χ4v) is 1.98. The van der Waals surface area contributed by atoms with Gasteiger partial charge in [0.05, 0.1) is 6.54 Å². The second-order valence-corrected chi connectivity index (χ2v) is 5.02. The van der Waals surface area contributed by atoms with Gasteiger partial charge in [0.2, 0.25) is 5.91 Å². The highest BCUT2D eigenvalue weighted by Crippen LogP contribution is 2.42. The fraction of sp³-hybridized carbons (Fsp3) is 0.917. The molecule has 0 unspecified atom stereocenters. The summed E-state index contributed by atoms with van der Waals surface area (Å²) in [4.78, 5) is 11.5. The molecule has 1 aliphatic carbocycles. The summed E-state index contributed by atoms with van der Waals surface area (Å²) < 4.78 is 0. The molecule has 3 nitrogen and oxygen atoms in total. The van der Waals surface area contributed by atoms with Crippen LogP contribution in [0.5, 0.6) is 0 Å². The molecule has 1 saturated carbocycles. The monoisotopic (exact) mass is 212 g/mol. The van der Waals surface area contributed by atoms with Gasteiger partial charge in [0.15, 0.2) is 0 Å². The Labute approximate surface area is 93.0 Å². The second kappa shape index (κ2) is 5.50. The summed E-state index contributed by atoms with van der Waals surface area (Å²) in [6, 6.07) is 0.375. The minimum absolute atomic E-state index is 0.128. The Bertz CT molecular complexity index is 204. The van der Waals surface area contributed by atoms with E-state index < -0.39 is 0 Å². The summed E-state index contributed by atoms with van der Waals surface area (Å²) in [5.41, 5.74) is 0.424. The largest absolute Gasteiger partial charge is 0.354 e. The maximum atomic E-state index is 11.5. The van der Waals surface area contributed by atoms with Crippen LogP contribution in [0.4, 0.5) is 0 Å². The molecule has 0 saturated heterocycles. The summed E-state index contributed by atoms with van der Waals surface area (Å²) in [5.74, 6) is 0.128. The molecule has 1 rings (SSSR count). The molecule has 0 aromatic heterocycles. The van der Waals surface area contributed by atoms with Crippen molar-refractivity contribution in [2.24, 2.45) is 5.41 Å². The van der Waals surface area contributed by atoms with Crippen molar-refractivity contribution in [3.63, 3.8) is 0 Å². The molecule has 0 bridgehead atoms. The summed E-state index contributed by atoms with van der Waals surface area (Å²) in [7, 11) is 0. The van der Waals surface area contributed by atoms with Crippen LogP contribution in [0, 0.1) is 5.41 Å². The second-order valence-electron chi connectivity index (χ2n) is 5.02. The Morgan fingerprint density at radius 2 is 2.07 bits per heavy atom. The smallest absolute Gasteiger partial charge is 0.233 e. The van der Waals surface area contributed by atoms with Crippen LogP contribution in [0.2, 0.25) is 0 Å². The van der Waals surface area contributed by atoms with E-state index in [1.54, 1.807) is 0 Å². The molecule has 2 N–H and O–H groups in total. The van der Waals surface area contributed by atoms with Gasteiger partial charge >= 0.3 is 0 Å². The Hall–Kier alpha value is -0.570. The summed E-state index contributed by atoms with van der Waals surface area (Å²) in [6.07, 6.45) is 5.07. The first-order valence-electron chi connectivity index (χ1n) is 6.08. The van der Waals surface area contributed by atoms with Crippen LogP contribution in [-0.4, -0.2) is 25.0 Å². The van der Waals surface area contributed by atoms with Gasteiger partial charge in [0.25, 0.3) is 0 Å². The van der Waals surface area contributed by atoms with E-state index in [2.05, 4.69) is 17.6 Å². The predicted molar refractivity (Wildman–Crippen MR) is 62.7 cm³/mol. The van der Waals surface area contributed by atoms with Gasteiger partial charge in [-0.05, 0) is 24.7 Å². The number of hydrogen-bond acceptors (Lipinski definition) is 2. The van der Waals surface area contributed by atoms with Crippen LogP contribution in [0.15, 0.2) is 0 Å². The van der Waals surface area contributed by atoms with Crippen LogP contribution in [0.25, 0.3) is 0 Å². The van der Waals surface area contributed by atoms with Gasteiger partial charge in [0.1, 0.15) is 0 Å². The SMILES string of the molecule is CCC1(CNC(=O)CNC(C)C)CCC1. The molecule has 0 atom stereocenters. The first-order valence-corrected chi connectivity index (χ1v) is 6.08. The van der Waals surface area contributed by atoms with Crippen LogP contribution in [0.1, 0.15) is 46.5 Å². The van der Waals surface area contributed by atoms with Gasteiger partial charge in [-0.25, -0.2) is 0 Å². The third-order valence-electron chi connectivity index (χ3n) is 3.50. The third-order valence-corrected chi connectivity index (χ3v) is 3.50. The molecule has 15 heavy (non-hydrogen) atoms. The quantitative estimate of drug-likeness (QED) is 0.703. The van der Waals surface area contributed by atoms with Crippen molar-refractivity contribution in [3.05, 3.63) is 0 Å². The lowest BCUT2D eigenvalue weighted by molar-refractivity contribution is -0.121. The normalized spacial score (nSPS) is 18.7. The summed E-state index contributed by atoms with van der Waals surface area (Å²) in [6.45, 7) is 7.62. The van der Waals surface area contributed by atoms with Gasteiger partial charge in [-0.2, -0.15) is 0 Å². The van der Waals surface area contributed by atoms with E-state index in [4.69, 9.17) is 0 Å². The molecular weight excluding hydrogens is 188 g/mol. The van der Waals surface area contributed by atoms with Gasteiger partial charge < -0.3 is 10.6 Å². The van der Waals surface area contributed by atoms with E-state index in [0.29, 0.717) is 18.0 Å². The number of nitrogens with one attached hydrogen (secondary N) is 2. The Kier molecular flexibility index (Phi) is 4.58. The molecule has 0 aromatic carbocycles. The first kappa shape index (κ1) is 12.5. The number of amides is 1. The predicted octanol–water partition coefficient (Wildman–Crippen LogP) is 1.68. The van der Waals surface area contributed by atoms with Crippen molar-refractivity contribution in [2.75, 3.05) is 13.1 Å². The van der Waals surface area contributed by atoms with E-state index in [0.717, 1.165) is 6.54 Å². The van der Waals surface area contributed by atoms with Gasteiger partial charge in [-0.3, -0.25) is 4.79 Å². The molecule has 0 heterocycles. The Morgan fingerprint density at radius 1 is 1.40 bits per heavy atom. The van der Waals surface area contributed by atoms with Gasteiger partial charge in [-0.1, -0.05) is 27.2 Å². The highest BCUT2D eigenvalue weighted by molar-refractivity contribution is 5.78. The Balaban J connectivity index is 2.16. The first-order chi connectivity index (χ1) is 7.08. The van der Waals surface area contributed by atoms with Crippen molar-refractivity contribution in [1.82, 2.24) is 10.6 Å². The van der Waals surface area contributed by atoms with E-state index in [1.807, 2.05) is 13.8 Å². The van der Waals surface area contributed by atoms with Crippen molar-refractivity contribution in [3.8, 4) is 0 Å². The highest BCUT2D eigenvalue weighted by atomic mass is 16.1. The van der Waals surface area contributed by atoms with Crippen molar-refractivity contribution >= 4 is 5.91 Å². The molecule has 0 aliphatic heterocycles. The molecule has 88 valence electrons. The molecule has 0 spiro atoms. The molecule has 0 radical (unpaired) electrons. The van der Waals surface area contributed by atoms with E-state index in [-0.39, 0.29) is 5.91 Å². The van der Waals surface area contributed by atoms with Crippen LogP contribution in [-0.2, 0) is 4.79 Å². The average Bonchev–Trinajstić information content (AvgIpc) is 2.14. The molecule has 3 heteroatoms. The standard InChI is InChI=1S/C12H24N2O/c1-4-12(6-5-7-12)9-14-11(15)8-13-10(2)3/h10,13H,4-9H2,1-3H3,(H,14,15). The number of rotatable bonds is 6. The zero-order valence-corrected chi connectivity index (χ0v) is 10.2. The lowest BCUT2D eigenvalue weighted by atomic mass is 9.67. The third kappa shape index (κ3) is 3.82. The minimum atomic E-state index is 0.128. The zero-order chi connectivity index (χ0) is 11.3. The molecule has 1 aliphatic rings. The van der Waals surface area contributed by atoms with Crippen LogP contribution in [0.3, 0.4) is 0 Å². The summed E-state index contributed by atoms with van der Waals surface area (Å²) >= 11 is 0. The zero-order valence-electron chi connectivity index (χ0n) is 10.2. The fourth-order valence-electron chi connectivity index (χ4n) is 1.98.